The molecule has 0 aliphatic carbocycles. The van der Waals surface area contributed by atoms with Gasteiger partial charge in [0, 0.05) is 22.7 Å². The Labute approximate surface area is 202 Å². The van der Waals surface area contributed by atoms with Crippen LogP contribution in [0.5, 0.6) is 0 Å². The first-order chi connectivity index (χ1) is 17.0. The monoisotopic (exact) mass is 459 g/mol. The number of amides is 1. The van der Waals surface area contributed by atoms with Crippen molar-refractivity contribution in [3.63, 3.8) is 0 Å². The van der Waals surface area contributed by atoms with E-state index in [9.17, 15) is 10.1 Å². The number of pyridine rings is 2. The van der Waals surface area contributed by atoms with E-state index in [4.69, 9.17) is 15.0 Å². The number of hydrogen-bond donors (Lipinski definition) is 1. The van der Waals surface area contributed by atoms with Crippen LogP contribution in [0.3, 0.4) is 0 Å². The zero-order valence-corrected chi connectivity index (χ0v) is 19.1. The van der Waals surface area contributed by atoms with Crippen LogP contribution in [-0.4, -0.2) is 22.5 Å². The van der Waals surface area contributed by atoms with E-state index >= 15 is 0 Å². The molecule has 5 rings (SSSR count). The third-order valence-electron chi connectivity index (χ3n) is 6.21. The predicted molar refractivity (Wildman–Crippen MR) is 130 cm³/mol. The Hall–Kier alpha value is -4.59. The van der Waals surface area contributed by atoms with Crippen molar-refractivity contribution < 1.29 is 9.53 Å². The summed E-state index contributed by atoms with van der Waals surface area (Å²) >= 11 is 0. The Bertz CT molecular complexity index is 1550. The molecule has 1 aliphatic heterocycles. The maximum absolute atomic E-state index is 12.9. The number of nitrogens with zero attached hydrogens (tertiary/aromatic N) is 4. The van der Waals surface area contributed by atoms with Crippen molar-refractivity contribution in [1.29, 1.82) is 10.5 Å². The molecule has 0 unspecified atom stereocenters. The number of ether oxygens (including phenoxy) is 1. The maximum Gasteiger partial charge on any atom is 0.251 e. The second kappa shape index (κ2) is 8.98. The molecule has 3 heterocycles. The highest BCUT2D eigenvalue weighted by atomic mass is 16.5. The summed E-state index contributed by atoms with van der Waals surface area (Å²) in [6, 6.07) is 22.8. The van der Waals surface area contributed by atoms with Crippen LogP contribution in [-0.2, 0) is 23.3 Å². The van der Waals surface area contributed by atoms with Gasteiger partial charge in [0.25, 0.3) is 5.91 Å². The third kappa shape index (κ3) is 4.33. The molecule has 4 aromatic rings. The number of hydrogen-bond acceptors (Lipinski definition) is 6. The molecule has 0 saturated heterocycles. The lowest BCUT2D eigenvalue weighted by Gasteiger charge is -2.30. The highest BCUT2D eigenvalue weighted by Crippen LogP contribution is 2.32. The topological polar surface area (TPSA) is 112 Å². The largest absolute Gasteiger partial charge is 0.375 e. The number of rotatable bonds is 4. The van der Waals surface area contributed by atoms with Gasteiger partial charge in [-0.15, -0.1) is 0 Å². The van der Waals surface area contributed by atoms with Crippen molar-refractivity contribution in [1.82, 2.24) is 15.3 Å². The first kappa shape index (κ1) is 22.2. The lowest BCUT2D eigenvalue weighted by molar-refractivity contribution is 0.0757. The second-order valence-corrected chi connectivity index (χ2v) is 8.75. The van der Waals surface area contributed by atoms with Crippen LogP contribution < -0.4 is 5.32 Å². The number of carbonyl (C=O) groups is 1. The lowest BCUT2D eigenvalue weighted by atomic mass is 9.79. The molecule has 35 heavy (non-hydrogen) atoms. The second-order valence-electron chi connectivity index (χ2n) is 8.75. The molecule has 170 valence electrons. The van der Waals surface area contributed by atoms with Crippen LogP contribution in [0.4, 0.5) is 0 Å². The SMILES string of the molecule is C[C@@]1(C#N)COCc2ccc(C(=O)NCc3cc4nc(-c5cccc(C#N)c5)ccc4cn3)cc21. The molecular weight excluding hydrogens is 438 g/mol. The summed E-state index contributed by atoms with van der Waals surface area (Å²) < 4.78 is 5.54. The van der Waals surface area contributed by atoms with Crippen LogP contribution in [0.25, 0.3) is 22.2 Å². The molecule has 2 aromatic heterocycles. The minimum atomic E-state index is -0.778. The van der Waals surface area contributed by atoms with E-state index in [1.54, 1.807) is 30.5 Å². The van der Waals surface area contributed by atoms with Crippen molar-refractivity contribution in [2.75, 3.05) is 6.61 Å². The fourth-order valence-corrected chi connectivity index (χ4v) is 4.23. The standard InChI is InChI=1S/C28H21N5O2/c1-28(16-30)17-35-15-22-6-5-20(10-24(22)28)27(34)32-14-23-11-26-21(13-31-23)7-8-25(33-26)19-4-2-3-18(9-19)12-29/h2-11,13H,14-15,17H2,1H3,(H,32,34)/t28-/m1/s1. The van der Waals surface area contributed by atoms with Gasteiger partial charge in [-0.05, 0) is 60.5 Å². The Morgan fingerprint density at radius 1 is 1.14 bits per heavy atom. The fraction of sp³-hybridized carbons (Fsp3) is 0.179. The van der Waals surface area contributed by atoms with Gasteiger partial charge in [0.1, 0.15) is 5.41 Å². The fourth-order valence-electron chi connectivity index (χ4n) is 4.23. The van der Waals surface area contributed by atoms with Crippen LogP contribution >= 0.6 is 0 Å². The average molecular weight is 460 g/mol. The summed E-state index contributed by atoms with van der Waals surface area (Å²) in [6.45, 7) is 2.80. The molecule has 0 saturated carbocycles. The van der Waals surface area contributed by atoms with Crippen molar-refractivity contribution >= 4 is 16.8 Å². The van der Waals surface area contributed by atoms with E-state index < -0.39 is 5.41 Å². The van der Waals surface area contributed by atoms with E-state index in [0.29, 0.717) is 30.0 Å². The molecule has 7 heteroatoms. The lowest BCUT2D eigenvalue weighted by Crippen LogP contribution is -2.33. The van der Waals surface area contributed by atoms with E-state index in [2.05, 4.69) is 22.4 Å². The highest BCUT2D eigenvalue weighted by molar-refractivity contribution is 5.94. The van der Waals surface area contributed by atoms with Gasteiger partial charge < -0.3 is 10.1 Å². The summed E-state index contributed by atoms with van der Waals surface area (Å²) in [4.78, 5) is 22.1. The highest BCUT2D eigenvalue weighted by Gasteiger charge is 2.33. The van der Waals surface area contributed by atoms with Gasteiger partial charge in [0.2, 0.25) is 0 Å². The van der Waals surface area contributed by atoms with Crippen molar-refractivity contribution in [2.24, 2.45) is 0 Å². The first-order valence-corrected chi connectivity index (χ1v) is 11.2. The minimum Gasteiger partial charge on any atom is -0.375 e. The molecule has 1 aliphatic rings. The molecule has 0 fully saturated rings. The number of fused-ring (bicyclic) bond motifs is 2. The number of nitrogens with one attached hydrogen (secondary N) is 1. The van der Waals surface area contributed by atoms with Crippen LogP contribution in [0.2, 0.25) is 0 Å². The van der Waals surface area contributed by atoms with Crippen molar-refractivity contribution in [2.45, 2.75) is 25.5 Å². The van der Waals surface area contributed by atoms with Gasteiger partial charge in [-0.1, -0.05) is 18.2 Å². The molecule has 0 spiro atoms. The molecule has 7 nitrogen and oxygen atoms in total. The first-order valence-electron chi connectivity index (χ1n) is 11.2. The summed E-state index contributed by atoms with van der Waals surface area (Å²) in [6.07, 6.45) is 1.73. The Morgan fingerprint density at radius 3 is 2.86 bits per heavy atom. The van der Waals surface area contributed by atoms with Crippen molar-refractivity contribution in [3.8, 4) is 23.4 Å². The average Bonchev–Trinajstić information content (AvgIpc) is 2.91. The van der Waals surface area contributed by atoms with E-state index in [-0.39, 0.29) is 12.5 Å². The van der Waals surface area contributed by atoms with Gasteiger partial charge in [-0.3, -0.25) is 9.78 Å². The van der Waals surface area contributed by atoms with Crippen LogP contribution in [0, 0.1) is 22.7 Å². The summed E-state index contributed by atoms with van der Waals surface area (Å²) in [5, 5.41) is 22.6. The molecule has 1 atom stereocenters. The normalized spacial score (nSPS) is 16.7. The van der Waals surface area contributed by atoms with E-state index in [1.807, 2.05) is 43.3 Å². The minimum absolute atomic E-state index is 0.236. The molecule has 1 amide bonds. The molecule has 1 N–H and O–H groups in total. The smallest absolute Gasteiger partial charge is 0.251 e. The van der Waals surface area contributed by atoms with Gasteiger partial charge >= 0.3 is 0 Å². The van der Waals surface area contributed by atoms with Gasteiger partial charge in [-0.25, -0.2) is 4.98 Å². The molecular formula is C28H21N5O2. The number of aromatic nitrogens is 2. The van der Waals surface area contributed by atoms with E-state index in [1.165, 1.54) is 0 Å². The Balaban J connectivity index is 1.36. The maximum atomic E-state index is 12.9. The van der Waals surface area contributed by atoms with Gasteiger partial charge in [-0.2, -0.15) is 10.5 Å². The molecule has 0 bridgehead atoms. The van der Waals surface area contributed by atoms with Crippen LogP contribution in [0.15, 0.2) is 66.9 Å². The Kier molecular flexibility index (Phi) is 5.70. The third-order valence-corrected chi connectivity index (χ3v) is 6.21. The zero-order valence-electron chi connectivity index (χ0n) is 19.1. The number of carbonyl (C=O) groups excluding carboxylic acids is 1. The van der Waals surface area contributed by atoms with Crippen molar-refractivity contribution in [3.05, 3.63) is 94.8 Å². The molecule has 2 aromatic carbocycles. The van der Waals surface area contributed by atoms with Crippen LogP contribution in [0.1, 0.15) is 39.7 Å². The summed E-state index contributed by atoms with van der Waals surface area (Å²) in [7, 11) is 0. The molecule has 0 radical (unpaired) electrons. The Morgan fingerprint density at radius 2 is 2.03 bits per heavy atom. The predicted octanol–water partition coefficient (Wildman–Crippen LogP) is 4.41. The van der Waals surface area contributed by atoms with Gasteiger partial charge in [0.05, 0.1) is 54.4 Å². The van der Waals surface area contributed by atoms with Gasteiger partial charge in [0.15, 0.2) is 0 Å². The summed E-state index contributed by atoms with van der Waals surface area (Å²) in [5.74, 6) is -0.239. The number of benzene rings is 2. The van der Waals surface area contributed by atoms with E-state index in [0.717, 1.165) is 33.3 Å². The quantitative estimate of drug-likeness (QED) is 0.484. The number of nitriles is 2. The summed E-state index contributed by atoms with van der Waals surface area (Å²) in [5.41, 5.74) is 5.10. The zero-order chi connectivity index (χ0) is 24.4.